The lowest BCUT2D eigenvalue weighted by atomic mass is 9.94. The molecule has 8 nitrogen and oxygen atoms in total. The number of hydrogen-bond acceptors (Lipinski definition) is 6. The van der Waals surface area contributed by atoms with Gasteiger partial charge in [-0.15, -0.1) is 0 Å². The Morgan fingerprint density at radius 1 is 0.941 bits per heavy atom. The van der Waals surface area contributed by atoms with Crippen molar-refractivity contribution in [3.05, 3.63) is 27.9 Å². The van der Waals surface area contributed by atoms with Crippen LogP contribution in [0.2, 0.25) is 0 Å². The smallest absolute Gasteiger partial charge is 0.308 e. The first-order chi connectivity index (χ1) is 16.4. The van der Waals surface area contributed by atoms with E-state index in [4.69, 9.17) is 0 Å². The van der Waals surface area contributed by atoms with Gasteiger partial charge in [-0.3, -0.25) is 19.1 Å². The highest BCUT2D eigenvalue weighted by Gasteiger charge is 2.32. The SMILES string of the molecule is O=C(CCn1c(=O)sc2cc(S(=O)(=O)N3CCN(C4CCCCC4)CC3)ccc21)N1CCCC1. The first-order valence-electron chi connectivity index (χ1n) is 12.6. The summed E-state index contributed by atoms with van der Waals surface area (Å²) in [6.45, 7) is 4.49. The second-order valence-corrected chi connectivity index (χ2v) is 12.7. The summed E-state index contributed by atoms with van der Waals surface area (Å²) < 4.78 is 30.5. The second-order valence-electron chi connectivity index (χ2n) is 9.72. The molecule has 3 aliphatic rings. The van der Waals surface area contributed by atoms with Crippen LogP contribution >= 0.6 is 11.3 Å². The van der Waals surface area contributed by atoms with E-state index in [9.17, 15) is 18.0 Å². The monoisotopic (exact) mass is 506 g/mol. The third-order valence-electron chi connectivity index (χ3n) is 7.65. The van der Waals surface area contributed by atoms with Gasteiger partial charge in [0.25, 0.3) is 0 Å². The molecule has 0 spiro atoms. The number of hydrogen-bond donors (Lipinski definition) is 0. The number of benzene rings is 1. The van der Waals surface area contributed by atoms with Gasteiger partial charge in [0, 0.05) is 58.3 Å². The lowest BCUT2D eigenvalue weighted by Gasteiger charge is -2.40. The molecule has 2 saturated heterocycles. The number of sulfonamides is 1. The molecular weight excluding hydrogens is 472 g/mol. The lowest BCUT2D eigenvalue weighted by Crippen LogP contribution is -2.52. The van der Waals surface area contributed by atoms with Crippen molar-refractivity contribution in [1.82, 2.24) is 18.7 Å². The molecule has 2 aromatic rings. The zero-order valence-corrected chi connectivity index (χ0v) is 21.3. The van der Waals surface area contributed by atoms with E-state index in [1.165, 1.54) is 32.1 Å². The van der Waals surface area contributed by atoms with E-state index in [2.05, 4.69) is 4.90 Å². The van der Waals surface area contributed by atoms with E-state index in [1.54, 1.807) is 27.1 Å². The van der Waals surface area contributed by atoms with Crippen molar-refractivity contribution in [2.24, 2.45) is 0 Å². The topological polar surface area (TPSA) is 82.9 Å². The molecular formula is C24H34N4O4S2. The van der Waals surface area contributed by atoms with Crippen LogP contribution in [0.1, 0.15) is 51.4 Å². The van der Waals surface area contributed by atoms with Crippen molar-refractivity contribution >= 4 is 37.5 Å². The summed E-state index contributed by atoms with van der Waals surface area (Å²) in [5, 5.41) is 0. The van der Waals surface area contributed by atoms with Gasteiger partial charge < -0.3 is 4.90 Å². The maximum absolute atomic E-state index is 13.3. The fraction of sp³-hybridized carbons (Fsp3) is 0.667. The number of nitrogens with zero attached hydrogens (tertiary/aromatic N) is 4. The zero-order chi connectivity index (χ0) is 23.7. The van der Waals surface area contributed by atoms with E-state index < -0.39 is 10.0 Å². The molecule has 1 aromatic heterocycles. The third kappa shape index (κ3) is 4.82. The van der Waals surface area contributed by atoms with Gasteiger partial charge in [0.1, 0.15) is 0 Å². The van der Waals surface area contributed by atoms with E-state index in [0.29, 0.717) is 35.9 Å². The Morgan fingerprint density at radius 2 is 1.65 bits per heavy atom. The molecule has 10 heteroatoms. The van der Waals surface area contributed by atoms with Gasteiger partial charge in [-0.25, -0.2) is 8.42 Å². The molecule has 0 N–H and O–H groups in total. The van der Waals surface area contributed by atoms with Gasteiger partial charge in [0.05, 0.1) is 15.1 Å². The maximum Gasteiger partial charge on any atom is 0.308 e. The molecule has 34 heavy (non-hydrogen) atoms. The molecule has 3 heterocycles. The normalized spacial score (nSPS) is 21.5. The molecule has 0 bridgehead atoms. The van der Waals surface area contributed by atoms with Gasteiger partial charge in [0.15, 0.2) is 0 Å². The molecule has 0 unspecified atom stereocenters. The van der Waals surface area contributed by atoms with Crippen LogP contribution in [-0.4, -0.2) is 78.3 Å². The van der Waals surface area contributed by atoms with Crippen molar-refractivity contribution in [3.63, 3.8) is 0 Å². The van der Waals surface area contributed by atoms with Crippen molar-refractivity contribution < 1.29 is 13.2 Å². The summed E-state index contributed by atoms with van der Waals surface area (Å²) in [6, 6.07) is 5.56. The molecule has 3 fully saturated rings. The number of amides is 1. The molecule has 2 aliphatic heterocycles. The van der Waals surface area contributed by atoms with Crippen LogP contribution in [-0.2, 0) is 21.4 Å². The van der Waals surface area contributed by atoms with Crippen LogP contribution in [0.15, 0.2) is 27.9 Å². The summed E-state index contributed by atoms with van der Waals surface area (Å²) in [5.41, 5.74) is 0.699. The van der Waals surface area contributed by atoms with Crippen molar-refractivity contribution in [2.75, 3.05) is 39.3 Å². The first-order valence-corrected chi connectivity index (χ1v) is 14.8. The second kappa shape index (κ2) is 10.1. The number of fused-ring (bicyclic) bond motifs is 1. The van der Waals surface area contributed by atoms with E-state index in [0.717, 1.165) is 50.4 Å². The Morgan fingerprint density at radius 3 is 2.35 bits per heavy atom. The average molecular weight is 507 g/mol. The lowest BCUT2D eigenvalue weighted by molar-refractivity contribution is -0.130. The molecule has 5 rings (SSSR count). The van der Waals surface area contributed by atoms with Gasteiger partial charge in [0.2, 0.25) is 15.9 Å². The Kier molecular flexibility index (Phi) is 7.11. The molecule has 1 aliphatic carbocycles. The highest BCUT2D eigenvalue weighted by atomic mass is 32.2. The fourth-order valence-corrected chi connectivity index (χ4v) is 8.14. The fourth-order valence-electron chi connectivity index (χ4n) is 5.66. The highest BCUT2D eigenvalue weighted by molar-refractivity contribution is 7.89. The van der Waals surface area contributed by atoms with Crippen LogP contribution < -0.4 is 4.87 Å². The van der Waals surface area contributed by atoms with E-state index >= 15 is 0 Å². The number of carbonyl (C=O) groups excluding carboxylic acids is 1. The van der Waals surface area contributed by atoms with Crippen LogP contribution in [0.25, 0.3) is 10.2 Å². The number of aromatic nitrogens is 1. The van der Waals surface area contributed by atoms with Crippen molar-refractivity contribution in [3.8, 4) is 0 Å². The Hall–Kier alpha value is -1.75. The van der Waals surface area contributed by atoms with Crippen molar-refractivity contribution in [2.45, 2.75) is 68.8 Å². The number of piperazine rings is 1. The van der Waals surface area contributed by atoms with Crippen molar-refractivity contribution in [1.29, 1.82) is 0 Å². The predicted octanol–water partition coefficient (Wildman–Crippen LogP) is 2.71. The molecule has 1 aromatic carbocycles. The minimum Gasteiger partial charge on any atom is -0.343 e. The van der Waals surface area contributed by atoms with Crippen LogP contribution in [0.3, 0.4) is 0 Å². The molecule has 1 amide bonds. The summed E-state index contributed by atoms with van der Waals surface area (Å²) >= 11 is 1.05. The minimum atomic E-state index is -3.61. The van der Waals surface area contributed by atoms with Crippen LogP contribution in [0, 0.1) is 0 Å². The number of carbonyl (C=O) groups is 1. The Bertz CT molecular complexity index is 1190. The summed E-state index contributed by atoms with van der Waals surface area (Å²) in [5.74, 6) is 0.0790. The highest BCUT2D eigenvalue weighted by Crippen LogP contribution is 2.27. The first kappa shape index (κ1) is 24.0. The largest absolute Gasteiger partial charge is 0.343 e. The minimum absolute atomic E-state index is 0.0790. The number of thiazole rings is 1. The molecule has 1 saturated carbocycles. The number of likely N-dealkylation sites (tertiary alicyclic amines) is 1. The van der Waals surface area contributed by atoms with Gasteiger partial charge >= 0.3 is 4.87 Å². The third-order valence-corrected chi connectivity index (χ3v) is 10.5. The molecule has 186 valence electrons. The summed E-state index contributed by atoms with van der Waals surface area (Å²) in [7, 11) is -3.61. The van der Waals surface area contributed by atoms with E-state index in [-0.39, 0.29) is 22.1 Å². The van der Waals surface area contributed by atoms with Crippen LogP contribution in [0.5, 0.6) is 0 Å². The quantitative estimate of drug-likeness (QED) is 0.602. The maximum atomic E-state index is 13.3. The summed E-state index contributed by atoms with van der Waals surface area (Å²) in [6.07, 6.45) is 8.69. The zero-order valence-electron chi connectivity index (χ0n) is 19.7. The van der Waals surface area contributed by atoms with E-state index in [1.807, 2.05) is 4.90 Å². The number of aryl methyl sites for hydroxylation is 1. The summed E-state index contributed by atoms with van der Waals surface area (Å²) in [4.78, 5) is 29.4. The van der Waals surface area contributed by atoms with Gasteiger partial charge in [-0.2, -0.15) is 4.31 Å². The molecule has 0 radical (unpaired) electrons. The number of rotatable bonds is 6. The average Bonchev–Trinajstić information content (AvgIpc) is 3.50. The van der Waals surface area contributed by atoms with Crippen LogP contribution in [0.4, 0.5) is 0 Å². The molecule has 0 atom stereocenters. The standard InChI is InChI=1S/C24H34N4O4S2/c29-23(26-11-4-5-12-26)10-13-28-21-9-8-20(18-22(21)33-24(28)30)34(31,32)27-16-14-25(15-17-27)19-6-2-1-3-7-19/h8-9,18-19H,1-7,10-17H2. The Balaban J connectivity index is 1.27. The van der Waals surface area contributed by atoms with Gasteiger partial charge in [-0.1, -0.05) is 30.6 Å². The van der Waals surface area contributed by atoms with Gasteiger partial charge in [-0.05, 0) is 43.9 Å². The predicted molar refractivity (Wildman–Crippen MR) is 134 cm³/mol. The Labute approximate surface area is 205 Å².